The summed E-state index contributed by atoms with van der Waals surface area (Å²) in [5.74, 6) is 0.0398. The molecule has 1 saturated heterocycles. The van der Waals surface area contributed by atoms with Crippen LogP contribution in [0.2, 0.25) is 0 Å². The van der Waals surface area contributed by atoms with Gasteiger partial charge in [-0.2, -0.15) is 11.8 Å². The van der Waals surface area contributed by atoms with E-state index in [-0.39, 0.29) is 17.3 Å². The van der Waals surface area contributed by atoms with E-state index in [1.165, 1.54) is 12.1 Å². The third kappa shape index (κ3) is 3.86. The van der Waals surface area contributed by atoms with Crippen molar-refractivity contribution in [1.29, 1.82) is 0 Å². The lowest BCUT2D eigenvalue weighted by atomic mass is 10.1. The second-order valence-corrected chi connectivity index (χ2v) is 5.71. The Morgan fingerprint density at radius 2 is 2.00 bits per heavy atom. The van der Waals surface area contributed by atoms with Crippen LogP contribution in [0.3, 0.4) is 0 Å². The van der Waals surface area contributed by atoms with Gasteiger partial charge >= 0.3 is 12.0 Å². The molecule has 0 radical (unpaired) electrons. The molecule has 1 aromatic rings. The Morgan fingerprint density at radius 3 is 2.60 bits per heavy atom. The first-order valence-electron chi connectivity index (χ1n) is 6.24. The van der Waals surface area contributed by atoms with Crippen molar-refractivity contribution in [3.8, 4) is 0 Å². The van der Waals surface area contributed by atoms with Gasteiger partial charge in [0.15, 0.2) is 0 Å². The number of carboxylic acid groups (broad SMARTS) is 1. The van der Waals surface area contributed by atoms with Crippen LogP contribution in [-0.2, 0) is 0 Å². The van der Waals surface area contributed by atoms with Crippen molar-refractivity contribution in [3.05, 3.63) is 29.6 Å². The zero-order valence-corrected chi connectivity index (χ0v) is 11.5. The fourth-order valence-corrected chi connectivity index (χ4v) is 3.04. The summed E-state index contributed by atoms with van der Waals surface area (Å²) in [5.41, 5.74) is -0.185. The molecule has 1 fully saturated rings. The standard InChI is InChI=1S/C13H15FN2O3S/c14-10-7-8(12(17)18)1-2-11(10)16-13(19)15-9-3-5-20-6-4-9/h1-2,7,9H,3-6H2,(H,17,18)(H2,15,16,19). The molecule has 0 atom stereocenters. The maximum atomic E-state index is 13.6. The smallest absolute Gasteiger partial charge is 0.335 e. The number of amides is 2. The SMILES string of the molecule is O=C(Nc1ccc(C(=O)O)cc1F)NC1CCSCC1. The first kappa shape index (κ1) is 14.6. The van der Waals surface area contributed by atoms with Crippen LogP contribution in [0.25, 0.3) is 0 Å². The van der Waals surface area contributed by atoms with Gasteiger partial charge in [0.1, 0.15) is 5.82 Å². The van der Waals surface area contributed by atoms with Crippen molar-refractivity contribution in [3.63, 3.8) is 0 Å². The van der Waals surface area contributed by atoms with Crippen LogP contribution in [0, 0.1) is 5.82 Å². The molecule has 0 saturated carbocycles. The number of urea groups is 1. The van der Waals surface area contributed by atoms with E-state index >= 15 is 0 Å². The van der Waals surface area contributed by atoms with E-state index < -0.39 is 17.8 Å². The highest BCUT2D eigenvalue weighted by Crippen LogP contribution is 2.18. The van der Waals surface area contributed by atoms with Gasteiger partial charge in [0.05, 0.1) is 11.3 Å². The van der Waals surface area contributed by atoms with Gasteiger partial charge in [-0.25, -0.2) is 14.0 Å². The van der Waals surface area contributed by atoms with Gasteiger partial charge in [0.2, 0.25) is 0 Å². The van der Waals surface area contributed by atoms with Crippen molar-refractivity contribution < 1.29 is 19.1 Å². The minimum atomic E-state index is -1.21. The van der Waals surface area contributed by atoms with E-state index in [0.717, 1.165) is 30.4 Å². The number of aromatic carboxylic acids is 1. The first-order chi connectivity index (χ1) is 9.56. The molecule has 7 heteroatoms. The predicted octanol–water partition coefficient (Wildman–Crippen LogP) is 2.54. The largest absolute Gasteiger partial charge is 0.478 e. The number of hydrogen-bond acceptors (Lipinski definition) is 3. The lowest BCUT2D eigenvalue weighted by Crippen LogP contribution is -2.40. The summed E-state index contributed by atoms with van der Waals surface area (Å²) in [4.78, 5) is 22.4. The number of nitrogens with one attached hydrogen (secondary N) is 2. The van der Waals surface area contributed by atoms with Crippen molar-refractivity contribution in [2.24, 2.45) is 0 Å². The number of benzene rings is 1. The highest BCUT2D eigenvalue weighted by Gasteiger charge is 2.17. The minimum Gasteiger partial charge on any atom is -0.478 e. The van der Waals surface area contributed by atoms with Crippen LogP contribution in [0.4, 0.5) is 14.9 Å². The molecule has 0 bridgehead atoms. The van der Waals surface area contributed by atoms with Gasteiger partial charge in [-0.1, -0.05) is 0 Å². The Balaban J connectivity index is 1.95. The summed E-state index contributed by atoms with van der Waals surface area (Å²) in [6, 6.07) is 3.02. The van der Waals surface area contributed by atoms with Gasteiger partial charge < -0.3 is 15.7 Å². The molecule has 1 aliphatic rings. The van der Waals surface area contributed by atoms with Gasteiger partial charge in [-0.3, -0.25) is 0 Å². The lowest BCUT2D eigenvalue weighted by Gasteiger charge is -2.22. The molecule has 0 aliphatic carbocycles. The Bertz CT molecular complexity index is 518. The molecule has 0 aromatic heterocycles. The monoisotopic (exact) mass is 298 g/mol. The molecular weight excluding hydrogens is 283 g/mol. The average Bonchev–Trinajstić information content (AvgIpc) is 2.42. The third-order valence-corrected chi connectivity index (χ3v) is 4.07. The van der Waals surface area contributed by atoms with Gasteiger partial charge in [-0.15, -0.1) is 0 Å². The van der Waals surface area contributed by atoms with Gasteiger partial charge in [0.25, 0.3) is 0 Å². The fraction of sp³-hybridized carbons (Fsp3) is 0.385. The van der Waals surface area contributed by atoms with Crippen LogP contribution in [0.1, 0.15) is 23.2 Å². The molecule has 5 nitrogen and oxygen atoms in total. The molecule has 1 aliphatic heterocycles. The maximum Gasteiger partial charge on any atom is 0.335 e. The third-order valence-electron chi connectivity index (χ3n) is 3.02. The maximum absolute atomic E-state index is 13.6. The van der Waals surface area contributed by atoms with E-state index in [2.05, 4.69) is 10.6 Å². The number of anilines is 1. The van der Waals surface area contributed by atoms with E-state index in [9.17, 15) is 14.0 Å². The van der Waals surface area contributed by atoms with E-state index in [4.69, 9.17) is 5.11 Å². The molecule has 20 heavy (non-hydrogen) atoms. The predicted molar refractivity (Wildman–Crippen MR) is 75.9 cm³/mol. The zero-order valence-electron chi connectivity index (χ0n) is 10.7. The highest BCUT2D eigenvalue weighted by molar-refractivity contribution is 7.99. The number of carboxylic acids is 1. The molecular formula is C13H15FN2O3S. The average molecular weight is 298 g/mol. The van der Waals surface area contributed by atoms with Crippen LogP contribution in [-0.4, -0.2) is 34.7 Å². The Kier molecular flexibility index (Phi) is 4.84. The Morgan fingerprint density at radius 1 is 1.30 bits per heavy atom. The van der Waals surface area contributed by atoms with E-state index in [0.29, 0.717) is 0 Å². The number of hydrogen-bond donors (Lipinski definition) is 3. The quantitative estimate of drug-likeness (QED) is 0.801. The van der Waals surface area contributed by atoms with Crippen LogP contribution in [0.15, 0.2) is 18.2 Å². The number of halogens is 1. The number of rotatable bonds is 3. The molecule has 0 unspecified atom stereocenters. The molecule has 1 aromatic carbocycles. The molecule has 2 rings (SSSR count). The fourth-order valence-electron chi connectivity index (χ4n) is 1.94. The summed E-state index contributed by atoms with van der Waals surface area (Å²) in [6.45, 7) is 0. The Hall–Kier alpha value is -1.76. The lowest BCUT2D eigenvalue weighted by molar-refractivity contribution is 0.0696. The van der Waals surface area contributed by atoms with E-state index in [1.807, 2.05) is 11.8 Å². The Labute approximate surface area is 119 Å². The molecule has 0 spiro atoms. The van der Waals surface area contributed by atoms with Crippen LogP contribution < -0.4 is 10.6 Å². The van der Waals surface area contributed by atoms with Crippen molar-refractivity contribution >= 4 is 29.4 Å². The van der Waals surface area contributed by atoms with Crippen molar-refractivity contribution in [2.45, 2.75) is 18.9 Å². The number of carbonyl (C=O) groups is 2. The summed E-state index contributed by atoms with van der Waals surface area (Å²) in [6.07, 6.45) is 1.80. The second-order valence-electron chi connectivity index (χ2n) is 4.48. The summed E-state index contributed by atoms with van der Waals surface area (Å²) in [5, 5.41) is 13.9. The number of thioether (sulfide) groups is 1. The van der Waals surface area contributed by atoms with Crippen LogP contribution in [0.5, 0.6) is 0 Å². The molecule has 108 valence electrons. The molecule has 3 N–H and O–H groups in total. The normalized spacial score (nSPS) is 15.7. The molecule has 2 amide bonds. The van der Waals surface area contributed by atoms with Crippen molar-refractivity contribution in [2.75, 3.05) is 16.8 Å². The van der Waals surface area contributed by atoms with Gasteiger partial charge in [0, 0.05) is 6.04 Å². The summed E-state index contributed by atoms with van der Waals surface area (Å²) < 4.78 is 13.6. The summed E-state index contributed by atoms with van der Waals surface area (Å²) >= 11 is 1.85. The van der Waals surface area contributed by atoms with Crippen molar-refractivity contribution in [1.82, 2.24) is 5.32 Å². The second kappa shape index (κ2) is 6.60. The zero-order chi connectivity index (χ0) is 14.5. The van der Waals surface area contributed by atoms with Crippen LogP contribution >= 0.6 is 11.8 Å². The minimum absolute atomic E-state index is 0.0299. The first-order valence-corrected chi connectivity index (χ1v) is 7.40. The van der Waals surface area contributed by atoms with Gasteiger partial charge in [-0.05, 0) is 42.5 Å². The molecule has 1 heterocycles. The number of carbonyl (C=O) groups excluding carboxylic acids is 1. The van der Waals surface area contributed by atoms with E-state index in [1.54, 1.807) is 0 Å². The summed E-state index contributed by atoms with van der Waals surface area (Å²) in [7, 11) is 0. The highest BCUT2D eigenvalue weighted by atomic mass is 32.2. The topological polar surface area (TPSA) is 78.4 Å².